The minimum Gasteiger partial charge on any atom is -0.493 e. The quantitative estimate of drug-likeness (QED) is 0.189. The second-order valence-corrected chi connectivity index (χ2v) is 11.7. The number of carbonyl (C=O) groups is 2. The van der Waals surface area contributed by atoms with Crippen molar-refractivity contribution in [2.24, 2.45) is 28.9 Å². The zero-order chi connectivity index (χ0) is 28.8. The maximum atomic E-state index is 13.0. The second-order valence-electron chi connectivity index (χ2n) is 11.7. The van der Waals surface area contributed by atoms with Crippen LogP contribution in [0.3, 0.4) is 0 Å². The van der Waals surface area contributed by atoms with Gasteiger partial charge in [-0.15, -0.1) is 0 Å². The summed E-state index contributed by atoms with van der Waals surface area (Å²) in [6, 6.07) is 6.70. The van der Waals surface area contributed by atoms with Gasteiger partial charge in [0.2, 0.25) is 5.91 Å². The highest BCUT2D eigenvalue weighted by Gasteiger charge is 2.37. The zero-order valence-electron chi connectivity index (χ0n) is 24.6. The Kier molecular flexibility index (Phi) is 14.2. The number of para-hydroxylation sites is 1. The van der Waals surface area contributed by atoms with Gasteiger partial charge in [-0.3, -0.25) is 9.59 Å². The minimum atomic E-state index is -0.876. The van der Waals surface area contributed by atoms with Gasteiger partial charge in [-0.1, -0.05) is 39.8 Å². The number of aliphatic hydroxyl groups is 1. The fourth-order valence-corrected chi connectivity index (χ4v) is 4.96. The summed E-state index contributed by atoms with van der Waals surface area (Å²) in [5.74, 6) is 0.855. The molecule has 9 nitrogen and oxygen atoms in total. The summed E-state index contributed by atoms with van der Waals surface area (Å²) in [4.78, 5) is 25.9. The Balaban J connectivity index is 1.85. The number of rotatable bonds is 17. The molecule has 2 rings (SSSR count). The molecule has 1 heterocycles. The van der Waals surface area contributed by atoms with Crippen LogP contribution >= 0.6 is 0 Å². The summed E-state index contributed by atoms with van der Waals surface area (Å²) in [6.07, 6.45) is 3.46. The molecule has 39 heavy (non-hydrogen) atoms. The molecule has 1 aliphatic heterocycles. The number of unbranched alkanes of at least 4 members (excludes halogenated alkanes) is 1. The molecule has 222 valence electrons. The maximum Gasteiger partial charge on any atom is 0.255 e. The molecule has 0 unspecified atom stereocenters. The number of ether oxygens (including phenoxy) is 2. The Morgan fingerprint density at radius 3 is 2.54 bits per heavy atom. The summed E-state index contributed by atoms with van der Waals surface area (Å²) in [6.45, 7) is 11.6. The van der Waals surface area contributed by atoms with Crippen LogP contribution in [0.2, 0.25) is 0 Å². The van der Waals surface area contributed by atoms with E-state index in [0.717, 1.165) is 38.8 Å². The van der Waals surface area contributed by atoms with Crippen LogP contribution in [-0.2, 0) is 9.53 Å². The van der Waals surface area contributed by atoms with Crippen LogP contribution in [0.4, 0.5) is 0 Å². The SMILES string of the molecule is COCCCCOc1ccccc1C(=O)NC[C@@H](C[C@H](N)[C@@H](O)CNC(=O)C(C)(C)[C@H]1CCCNC1)C(C)C. The Labute approximate surface area is 235 Å². The van der Waals surface area contributed by atoms with E-state index in [1.807, 2.05) is 26.0 Å². The Morgan fingerprint density at radius 2 is 1.87 bits per heavy atom. The number of nitrogens with two attached hydrogens (primary N) is 1. The summed E-state index contributed by atoms with van der Waals surface area (Å²) in [7, 11) is 1.67. The van der Waals surface area contributed by atoms with Gasteiger partial charge in [-0.05, 0) is 75.1 Å². The molecule has 0 aromatic heterocycles. The van der Waals surface area contributed by atoms with Crippen LogP contribution in [0.1, 0.15) is 70.2 Å². The Bertz CT molecular complexity index is 873. The van der Waals surface area contributed by atoms with E-state index in [4.69, 9.17) is 15.2 Å². The van der Waals surface area contributed by atoms with Crippen molar-refractivity contribution in [3.63, 3.8) is 0 Å². The average Bonchev–Trinajstić information content (AvgIpc) is 2.93. The van der Waals surface area contributed by atoms with Crippen LogP contribution in [0.25, 0.3) is 0 Å². The molecule has 0 spiro atoms. The van der Waals surface area contributed by atoms with Crippen LogP contribution in [-0.4, -0.2) is 75.6 Å². The normalized spacial score (nSPS) is 18.3. The van der Waals surface area contributed by atoms with Crippen molar-refractivity contribution >= 4 is 11.8 Å². The number of piperidine rings is 1. The van der Waals surface area contributed by atoms with Crippen LogP contribution in [0.5, 0.6) is 5.75 Å². The third-order valence-corrected chi connectivity index (χ3v) is 8.04. The minimum absolute atomic E-state index is 0.0566. The molecule has 1 saturated heterocycles. The molecular weight excluding hydrogens is 496 g/mol. The van der Waals surface area contributed by atoms with E-state index in [9.17, 15) is 14.7 Å². The number of amides is 2. The largest absolute Gasteiger partial charge is 0.493 e. The third-order valence-electron chi connectivity index (χ3n) is 8.04. The van der Waals surface area contributed by atoms with Crippen molar-refractivity contribution in [3.8, 4) is 5.75 Å². The molecule has 0 radical (unpaired) electrons. The lowest BCUT2D eigenvalue weighted by Gasteiger charge is -2.36. The number of hydrogen-bond donors (Lipinski definition) is 5. The molecule has 9 heteroatoms. The van der Waals surface area contributed by atoms with E-state index in [1.54, 1.807) is 19.2 Å². The number of hydrogen-bond acceptors (Lipinski definition) is 7. The highest BCUT2D eigenvalue weighted by molar-refractivity contribution is 5.96. The van der Waals surface area contributed by atoms with Crippen molar-refractivity contribution in [2.75, 3.05) is 46.5 Å². The number of aliphatic hydroxyl groups excluding tert-OH is 1. The van der Waals surface area contributed by atoms with Crippen molar-refractivity contribution in [2.45, 2.75) is 71.9 Å². The van der Waals surface area contributed by atoms with Gasteiger partial charge in [0.05, 0.1) is 18.3 Å². The predicted octanol–water partition coefficient (Wildman–Crippen LogP) is 2.71. The van der Waals surface area contributed by atoms with Crippen molar-refractivity contribution in [1.29, 1.82) is 0 Å². The van der Waals surface area contributed by atoms with Crippen molar-refractivity contribution < 1.29 is 24.2 Å². The van der Waals surface area contributed by atoms with Gasteiger partial charge in [0.1, 0.15) is 5.75 Å². The van der Waals surface area contributed by atoms with Gasteiger partial charge < -0.3 is 36.3 Å². The molecule has 2 amide bonds. The Hall–Kier alpha value is -2.20. The number of benzene rings is 1. The van der Waals surface area contributed by atoms with Gasteiger partial charge in [-0.2, -0.15) is 0 Å². The van der Waals surface area contributed by atoms with Gasteiger partial charge in [0.25, 0.3) is 5.91 Å². The summed E-state index contributed by atoms with van der Waals surface area (Å²) >= 11 is 0. The maximum absolute atomic E-state index is 13.0. The first-order valence-corrected chi connectivity index (χ1v) is 14.5. The molecule has 0 bridgehead atoms. The van der Waals surface area contributed by atoms with E-state index in [0.29, 0.717) is 37.5 Å². The lowest BCUT2D eigenvalue weighted by atomic mass is 9.74. The molecule has 1 fully saturated rings. The third kappa shape index (κ3) is 10.7. The molecule has 0 aliphatic carbocycles. The lowest BCUT2D eigenvalue weighted by Crippen LogP contribution is -2.51. The standard InChI is InChI=1S/C30H52N4O5/c1-21(2)22(18-33-28(36)24-12-6-7-13-27(24)39-16-9-8-15-38-5)17-25(31)26(35)20-34-29(37)30(3,4)23-11-10-14-32-19-23/h6-7,12-13,21-23,25-26,32,35H,8-11,14-20,31H2,1-5H3,(H,33,36)(H,34,37)/t22-,23+,25+,26+/m1/s1. The summed E-state index contributed by atoms with van der Waals surface area (Å²) < 4.78 is 10.9. The second kappa shape index (κ2) is 16.8. The lowest BCUT2D eigenvalue weighted by molar-refractivity contribution is -0.133. The van der Waals surface area contributed by atoms with Gasteiger partial charge in [-0.25, -0.2) is 0 Å². The van der Waals surface area contributed by atoms with E-state index >= 15 is 0 Å². The van der Waals surface area contributed by atoms with Gasteiger partial charge in [0.15, 0.2) is 0 Å². The summed E-state index contributed by atoms with van der Waals surface area (Å²) in [5, 5.41) is 20.1. The molecule has 1 aliphatic rings. The molecule has 1 aromatic carbocycles. The number of nitrogens with one attached hydrogen (secondary N) is 3. The molecule has 4 atom stereocenters. The van der Waals surface area contributed by atoms with E-state index < -0.39 is 17.6 Å². The first-order chi connectivity index (χ1) is 18.6. The Morgan fingerprint density at radius 1 is 1.15 bits per heavy atom. The fourth-order valence-electron chi connectivity index (χ4n) is 4.96. The number of carbonyl (C=O) groups excluding carboxylic acids is 2. The topological polar surface area (TPSA) is 135 Å². The molecular formula is C30H52N4O5. The van der Waals surface area contributed by atoms with Crippen molar-refractivity contribution in [3.05, 3.63) is 29.8 Å². The summed E-state index contributed by atoms with van der Waals surface area (Å²) in [5.41, 5.74) is 6.35. The van der Waals surface area contributed by atoms with E-state index in [-0.39, 0.29) is 36.1 Å². The van der Waals surface area contributed by atoms with E-state index in [2.05, 4.69) is 29.8 Å². The zero-order valence-corrected chi connectivity index (χ0v) is 24.6. The fraction of sp³-hybridized carbons (Fsp3) is 0.733. The highest BCUT2D eigenvalue weighted by atomic mass is 16.5. The first-order valence-electron chi connectivity index (χ1n) is 14.5. The van der Waals surface area contributed by atoms with Gasteiger partial charge >= 0.3 is 0 Å². The smallest absolute Gasteiger partial charge is 0.255 e. The molecule has 6 N–H and O–H groups in total. The van der Waals surface area contributed by atoms with Crippen LogP contribution in [0.15, 0.2) is 24.3 Å². The van der Waals surface area contributed by atoms with E-state index in [1.165, 1.54) is 0 Å². The predicted molar refractivity (Wildman–Crippen MR) is 155 cm³/mol. The van der Waals surface area contributed by atoms with Crippen LogP contribution in [0, 0.1) is 23.2 Å². The van der Waals surface area contributed by atoms with Crippen LogP contribution < -0.4 is 26.4 Å². The highest BCUT2D eigenvalue weighted by Crippen LogP contribution is 2.32. The molecule has 0 saturated carbocycles. The monoisotopic (exact) mass is 548 g/mol. The van der Waals surface area contributed by atoms with Gasteiger partial charge in [0, 0.05) is 38.3 Å². The number of methoxy groups -OCH3 is 1. The average molecular weight is 549 g/mol. The first kappa shape index (κ1) is 33.0. The van der Waals surface area contributed by atoms with Crippen molar-refractivity contribution in [1.82, 2.24) is 16.0 Å². The molecule has 1 aromatic rings.